The first-order valence-electron chi connectivity index (χ1n) is 8.31. The molecular weight excluding hydrogens is 318 g/mol. The molecule has 1 aliphatic rings. The van der Waals surface area contributed by atoms with Crippen molar-refractivity contribution in [3.63, 3.8) is 0 Å². The van der Waals surface area contributed by atoms with Gasteiger partial charge in [0.25, 0.3) is 5.91 Å². The highest BCUT2D eigenvalue weighted by atomic mass is 16.5. The topological polar surface area (TPSA) is 64.6 Å². The number of methoxy groups -OCH3 is 1. The van der Waals surface area contributed by atoms with Crippen molar-refractivity contribution in [1.82, 2.24) is 5.32 Å². The molecule has 0 radical (unpaired) electrons. The van der Waals surface area contributed by atoms with E-state index in [-0.39, 0.29) is 18.6 Å². The van der Waals surface area contributed by atoms with Gasteiger partial charge in [-0.2, -0.15) is 0 Å². The van der Waals surface area contributed by atoms with Crippen molar-refractivity contribution in [3.8, 4) is 11.5 Å². The van der Waals surface area contributed by atoms with E-state index in [0.29, 0.717) is 17.2 Å². The monoisotopic (exact) mass is 339 g/mol. The zero-order valence-corrected chi connectivity index (χ0v) is 14.1. The highest BCUT2D eigenvalue weighted by Crippen LogP contribution is 2.41. The molecule has 0 aliphatic heterocycles. The number of amides is 1. The van der Waals surface area contributed by atoms with Gasteiger partial charge in [-0.25, -0.2) is 0 Å². The number of hydrogen-bond acceptors (Lipinski definition) is 4. The molecule has 5 nitrogen and oxygen atoms in total. The molecule has 0 heterocycles. The summed E-state index contributed by atoms with van der Waals surface area (Å²) >= 11 is 0. The average Bonchev–Trinajstić information content (AvgIpc) is 3.50. The summed E-state index contributed by atoms with van der Waals surface area (Å²) in [5, 5.41) is 3.05. The zero-order chi connectivity index (χ0) is 17.6. The van der Waals surface area contributed by atoms with Gasteiger partial charge in [0.05, 0.1) is 18.7 Å². The van der Waals surface area contributed by atoms with Gasteiger partial charge in [0.1, 0.15) is 11.5 Å². The fourth-order valence-electron chi connectivity index (χ4n) is 2.78. The summed E-state index contributed by atoms with van der Waals surface area (Å²) in [6.07, 6.45) is 2.93. The van der Waals surface area contributed by atoms with Crippen molar-refractivity contribution in [1.29, 1.82) is 0 Å². The molecule has 1 unspecified atom stereocenters. The van der Waals surface area contributed by atoms with Gasteiger partial charge in [0.15, 0.2) is 12.9 Å². The molecule has 1 atom stereocenters. The molecule has 1 fully saturated rings. The van der Waals surface area contributed by atoms with Crippen LogP contribution in [0, 0.1) is 5.92 Å². The Morgan fingerprint density at radius 2 is 1.92 bits per heavy atom. The number of nitrogens with one attached hydrogen (secondary N) is 1. The third-order valence-corrected chi connectivity index (χ3v) is 4.29. The van der Waals surface area contributed by atoms with Crippen molar-refractivity contribution in [2.24, 2.45) is 5.92 Å². The minimum Gasteiger partial charge on any atom is -0.497 e. The van der Waals surface area contributed by atoms with Gasteiger partial charge in [0.2, 0.25) is 0 Å². The van der Waals surface area contributed by atoms with Crippen LogP contribution in [0.3, 0.4) is 0 Å². The van der Waals surface area contributed by atoms with Crippen molar-refractivity contribution in [3.05, 3.63) is 59.7 Å². The molecule has 0 bridgehead atoms. The van der Waals surface area contributed by atoms with Crippen LogP contribution in [0.1, 0.15) is 34.8 Å². The van der Waals surface area contributed by atoms with Crippen LogP contribution in [-0.2, 0) is 4.79 Å². The van der Waals surface area contributed by atoms with Gasteiger partial charge in [0, 0.05) is 0 Å². The van der Waals surface area contributed by atoms with E-state index in [9.17, 15) is 9.59 Å². The molecule has 3 rings (SSSR count). The number of hydrogen-bond donors (Lipinski definition) is 1. The lowest BCUT2D eigenvalue weighted by Crippen LogP contribution is -2.33. The average molecular weight is 339 g/mol. The Morgan fingerprint density at radius 1 is 1.20 bits per heavy atom. The molecule has 0 aromatic heterocycles. The third kappa shape index (κ3) is 4.38. The number of para-hydroxylation sites is 1. The maximum absolute atomic E-state index is 12.3. The first-order valence-corrected chi connectivity index (χ1v) is 8.31. The molecule has 1 N–H and O–H groups in total. The standard InChI is InChI=1S/C20H21NO4/c1-24-17-10-8-15(9-11-17)20(14-6-7-14)21-19(23)13-25-18-5-3-2-4-16(18)12-22/h2-5,8-12,14,20H,6-7,13H2,1H3,(H,21,23). The van der Waals surface area contributed by atoms with Crippen molar-refractivity contribution >= 4 is 12.2 Å². The highest BCUT2D eigenvalue weighted by molar-refractivity contribution is 5.81. The largest absolute Gasteiger partial charge is 0.497 e. The summed E-state index contributed by atoms with van der Waals surface area (Å²) in [5.41, 5.74) is 1.49. The molecule has 25 heavy (non-hydrogen) atoms. The molecule has 1 aliphatic carbocycles. The Balaban J connectivity index is 1.62. The summed E-state index contributed by atoms with van der Waals surface area (Å²) in [7, 11) is 1.63. The van der Waals surface area contributed by atoms with E-state index in [1.807, 2.05) is 24.3 Å². The van der Waals surface area contributed by atoms with E-state index in [4.69, 9.17) is 9.47 Å². The van der Waals surface area contributed by atoms with Gasteiger partial charge in [-0.15, -0.1) is 0 Å². The van der Waals surface area contributed by atoms with Crippen LogP contribution in [0.4, 0.5) is 0 Å². The van der Waals surface area contributed by atoms with E-state index in [0.717, 1.165) is 30.4 Å². The minimum atomic E-state index is -0.201. The van der Waals surface area contributed by atoms with Gasteiger partial charge >= 0.3 is 0 Å². The first-order chi connectivity index (χ1) is 12.2. The Kier molecular flexibility index (Phi) is 5.33. The fourth-order valence-corrected chi connectivity index (χ4v) is 2.78. The lowest BCUT2D eigenvalue weighted by Gasteiger charge is -2.19. The Morgan fingerprint density at radius 3 is 2.56 bits per heavy atom. The second-order valence-electron chi connectivity index (χ2n) is 6.10. The number of ether oxygens (including phenoxy) is 2. The third-order valence-electron chi connectivity index (χ3n) is 4.29. The number of benzene rings is 2. The predicted octanol–water partition coefficient (Wildman–Crippen LogP) is 3.15. The summed E-state index contributed by atoms with van der Waals surface area (Å²) in [5.74, 6) is 1.46. The number of rotatable bonds is 8. The number of carbonyl (C=O) groups excluding carboxylic acids is 2. The lowest BCUT2D eigenvalue weighted by atomic mass is 10.0. The zero-order valence-electron chi connectivity index (χ0n) is 14.1. The van der Waals surface area contributed by atoms with Gasteiger partial charge < -0.3 is 14.8 Å². The SMILES string of the molecule is COc1ccc(C(NC(=O)COc2ccccc2C=O)C2CC2)cc1. The van der Waals surface area contributed by atoms with Crippen LogP contribution in [-0.4, -0.2) is 25.9 Å². The molecule has 130 valence electrons. The van der Waals surface area contributed by atoms with Gasteiger partial charge in [-0.05, 0) is 48.6 Å². The van der Waals surface area contributed by atoms with Gasteiger partial charge in [-0.1, -0.05) is 24.3 Å². The van der Waals surface area contributed by atoms with E-state index in [1.54, 1.807) is 31.4 Å². The Bertz CT molecular complexity index is 738. The van der Waals surface area contributed by atoms with Crippen molar-refractivity contribution in [2.75, 3.05) is 13.7 Å². The van der Waals surface area contributed by atoms with Crippen LogP contribution in [0.15, 0.2) is 48.5 Å². The van der Waals surface area contributed by atoms with Crippen LogP contribution in [0.25, 0.3) is 0 Å². The fraction of sp³-hybridized carbons (Fsp3) is 0.300. The summed E-state index contributed by atoms with van der Waals surface area (Å²) in [4.78, 5) is 23.3. The van der Waals surface area contributed by atoms with Crippen LogP contribution in [0.2, 0.25) is 0 Å². The van der Waals surface area contributed by atoms with Crippen molar-refractivity contribution in [2.45, 2.75) is 18.9 Å². The molecule has 0 spiro atoms. The quantitative estimate of drug-likeness (QED) is 0.751. The second-order valence-corrected chi connectivity index (χ2v) is 6.10. The van der Waals surface area contributed by atoms with Crippen LogP contribution < -0.4 is 14.8 Å². The molecule has 0 saturated heterocycles. The van der Waals surface area contributed by atoms with E-state index >= 15 is 0 Å². The first kappa shape index (κ1) is 17.0. The summed E-state index contributed by atoms with van der Waals surface area (Å²) in [6.45, 7) is -0.121. The number of aldehydes is 1. The smallest absolute Gasteiger partial charge is 0.258 e. The second kappa shape index (κ2) is 7.83. The maximum atomic E-state index is 12.3. The molecule has 1 amide bonds. The highest BCUT2D eigenvalue weighted by Gasteiger charge is 2.33. The molecule has 2 aromatic rings. The lowest BCUT2D eigenvalue weighted by molar-refractivity contribution is -0.124. The minimum absolute atomic E-state index is 0.0247. The van der Waals surface area contributed by atoms with E-state index in [1.165, 1.54) is 0 Å². The Labute approximate surface area is 147 Å². The van der Waals surface area contributed by atoms with Crippen LogP contribution >= 0.6 is 0 Å². The van der Waals surface area contributed by atoms with Gasteiger partial charge in [-0.3, -0.25) is 9.59 Å². The maximum Gasteiger partial charge on any atom is 0.258 e. The Hall–Kier alpha value is -2.82. The van der Waals surface area contributed by atoms with E-state index in [2.05, 4.69) is 5.32 Å². The van der Waals surface area contributed by atoms with Crippen LogP contribution in [0.5, 0.6) is 11.5 Å². The number of carbonyl (C=O) groups is 2. The van der Waals surface area contributed by atoms with E-state index < -0.39 is 0 Å². The normalized spacial score (nSPS) is 14.4. The molecule has 2 aromatic carbocycles. The summed E-state index contributed by atoms with van der Waals surface area (Å²) < 4.78 is 10.7. The summed E-state index contributed by atoms with van der Waals surface area (Å²) in [6, 6.07) is 14.6. The predicted molar refractivity (Wildman–Crippen MR) is 93.9 cm³/mol. The van der Waals surface area contributed by atoms with Crippen molar-refractivity contribution < 1.29 is 19.1 Å². The molecule has 5 heteroatoms. The molecular formula is C20H21NO4. The molecule has 1 saturated carbocycles.